The lowest BCUT2D eigenvalue weighted by Gasteiger charge is -2.45. The first-order chi connectivity index (χ1) is 16.4. The van der Waals surface area contributed by atoms with Gasteiger partial charge in [-0.15, -0.1) is 0 Å². The summed E-state index contributed by atoms with van der Waals surface area (Å²) in [6.07, 6.45) is 1.49. The predicted octanol–water partition coefficient (Wildman–Crippen LogP) is 3.23. The fraction of sp³-hybridized carbons (Fsp3) is 0.667. The number of benzene rings is 1. The minimum Gasteiger partial charge on any atom is -0.344 e. The summed E-state index contributed by atoms with van der Waals surface area (Å²) in [5.74, 6) is -0.0895. The van der Waals surface area contributed by atoms with E-state index in [4.69, 9.17) is 11.6 Å². The summed E-state index contributed by atoms with van der Waals surface area (Å²) in [5, 5.41) is 3.76. The van der Waals surface area contributed by atoms with E-state index in [0.29, 0.717) is 45.1 Å². The molecule has 1 aromatic carbocycles. The van der Waals surface area contributed by atoms with Crippen LogP contribution in [0.25, 0.3) is 0 Å². The van der Waals surface area contributed by atoms with Crippen molar-refractivity contribution >= 4 is 29.3 Å². The second-order valence-corrected chi connectivity index (χ2v) is 11.9. The molecule has 1 N–H and O–H groups in total. The third kappa shape index (κ3) is 6.76. The molecule has 0 spiro atoms. The molecule has 0 aliphatic carbocycles. The summed E-state index contributed by atoms with van der Waals surface area (Å²) in [7, 11) is 3.72. The summed E-state index contributed by atoms with van der Waals surface area (Å²) < 4.78 is 0. The van der Waals surface area contributed by atoms with E-state index in [1.54, 1.807) is 4.90 Å². The number of halogens is 1. The van der Waals surface area contributed by atoms with Crippen LogP contribution in [-0.4, -0.2) is 85.3 Å². The van der Waals surface area contributed by atoms with Gasteiger partial charge in [-0.2, -0.15) is 0 Å². The number of hydrogen-bond donors (Lipinski definition) is 1. The zero-order chi connectivity index (χ0) is 25.9. The zero-order valence-electron chi connectivity index (χ0n) is 22.0. The maximum atomic E-state index is 13.6. The van der Waals surface area contributed by atoms with Gasteiger partial charge in [-0.1, -0.05) is 51.4 Å². The fourth-order valence-corrected chi connectivity index (χ4v) is 5.54. The lowest BCUT2D eigenvalue weighted by molar-refractivity contribution is -0.141. The van der Waals surface area contributed by atoms with Crippen LogP contribution in [0.2, 0.25) is 5.02 Å². The minimum atomic E-state index is -0.572. The SMILES string of the molecule is CC(C)[C@@H](NC(=O)[C@@H]1CCN(C(=O)CN(C)C)C1)C(=O)N1CC[C@H](c2ccc(Cl)cc2)C(C)(C)C1. The number of likely N-dealkylation sites (N-methyl/N-ethyl adjacent to an activating group) is 1. The van der Waals surface area contributed by atoms with E-state index in [9.17, 15) is 14.4 Å². The third-order valence-electron chi connectivity index (χ3n) is 7.41. The minimum absolute atomic E-state index is 0.0190. The van der Waals surface area contributed by atoms with Gasteiger partial charge >= 0.3 is 0 Å². The van der Waals surface area contributed by atoms with Crippen LogP contribution >= 0.6 is 11.6 Å². The van der Waals surface area contributed by atoms with Gasteiger partial charge in [-0.05, 0) is 61.9 Å². The molecule has 8 heteroatoms. The molecule has 1 aromatic rings. The molecular formula is C27H41ClN4O3. The van der Waals surface area contributed by atoms with E-state index in [-0.39, 0.29) is 35.0 Å². The van der Waals surface area contributed by atoms with E-state index in [0.717, 1.165) is 11.4 Å². The number of hydrogen-bond acceptors (Lipinski definition) is 4. The van der Waals surface area contributed by atoms with E-state index >= 15 is 0 Å². The number of nitrogens with zero attached hydrogens (tertiary/aromatic N) is 3. The smallest absolute Gasteiger partial charge is 0.245 e. The highest BCUT2D eigenvalue weighted by Gasteiger charge is 2.41. The Balaban J connectivity index is 1.62. The van der Waals surface area contributed by atoms with Crippen molar-refractivity contribution in [2.24, 2.45) is 17.3 Å². The van der Waals surface area contributed by atoms with Crippen molar-refractivity contribution in [3.05, 3.63) is 34.9 Å². The highest BCUT2D eigenvalue weighted by molar-refractivity contribution is 6.30. The molecular weight excluding hydrogens is 464 g/mol. The molecule has 3 amide bonds. The maximum Gasteiger partial charge on any atom is 0.245 e. The number of likely N-dealkylation sites (tertiary alicyclic amines) is 2. The Bertz CT molecular complexity index is 916. The average molecular weight is 505 g/mol. The molecule has 3 atom stereocenters. The Labute approximate surface area is 215 Å². The summed E-state index contributed by atoms with van der Waals surface area (Å²) in [5.41, 5.74) is 1.14. The van der Waals surface area contributed by atoms with Gasteiger partial charge in [0.15, 0.2) is 0 Å². The van der Waals surface area contributed by atoms with E-state index in [2.05, 4.69) is 31.3 Å². The van der Waals surface area contributed by atoms with Gasteiger partial charge in [0, 0.05) is 31.2 Å². The molecule has 7 nitrogen and oxygen atoms in total. The third-order valence-corrected chi connectivity index (χ3v) is 7.66. The van der Waals surface area contributed by atoms with E-state index < -0.39 is 6.04 Å². The van der Waals surface area contributed by atoms with Crippen LogP contribution in [0.4, 0.5) is 0 Å². The Morgan fingerprint density at radius 1 is 1.09 bits per heavy atom. The molecule has 35 heavy (non-hydrogen) atoms. The number of carbonyl (C=O) groups excluding carboxylic acids is 3. The van der Waals surface area contributed by atoms with Crippen molar-refractivity contribution in [2.45, 2.75) is 52.5 Å². The zero-order valence-corrected chi connectivity index (χ0v) is 22.8. The molecule has 0 saturated carbocycles. The lowest BCUT2D eigenvalue weighted by atomic mass is 9.70. The fourth-order valence-electron chi connectivity index (χ4n) is 5.41. The molecule has 2 aliphatic heterocycles. The highest BCUT2D eigenvalue weighted by Crippen LogP contribution is 2.42. The molecule has 0 bridgehead atoms. The molecule has 3 rings (SSSR count). The molecule has 2 saturated heterocycles. The number of carbonyl (C=O) groups is 3. The maximum absolute atomic E-state index is 13.6. The highest BCUT2D eigenvalue weighted by atomic mass is 35.5. The van der Waals surface area contributed by atoms with Gasteiger partial charge in [-0.25, -0.2) is 0 Å². The van der Waals surface area contributed by atoms with Gasteiger partial charge in [0.05, 0.1) is 12.5 Å². The van der Waals surface area contributed by atoms with Crippen LogP contribution in [0.5, 0.6) is 0 Å². The second-order valence-electron chi connectivity index (χ2n) is 11.4. The van der Waals surface area contributed by atoms with Crippen LogP contribution in [0.15, 0.2) is 24.3 Å². The number of rotatable bonds is 7. The van der Waals surface area contributed by atoms with Crippen LogP contribution in [-0.2, 0) is 14.4 Å². The van der Waals surface area contributed by atoms with Gasteiger partial charge < -0.3 is 20.0 Å². The van der Waals surface area contributed by atoms with Gasteiger partial charge in [0.1, 0.15) is 6.04 Å². The van der Waals surface area contributed by atoms with E-state index in [1.807, 2.05) is 49.9 Å². The number of amides is 3. The summed E-state index contributed by atoms with van der Waals surface area (Å²) >= 11 is 6.07. The van der Waals surface area contributed by atoms with Crippen molar-refractivity contribution in [3.63, 3.8) is 0 Å². The Hall–Kier alpha value is -2.12. The van der Waals surface area contributed by atoms with Crippen molar-refractivity contribution < 1.29 is 14.4 Å². The quantitative estimate of drug-likeness (QED) is 0.618. The molecule has 2 aliphatic rings. The monoisotopic (exact) mass is 504 g/mol. The Morgan fingerprint density at radius 3 is 2.29 bits per heavy atom. The topological polar surface area (TPSA) is 73.0 Å². The van der Waals surface area contributed by atoms with Crippen molar-refractivity contribution in [1.82, 2.24) is 20.0 Å². The Kier molecular flexibility index (Phi) is 8.86. The average Bonchev–Trinajstić information content (AvgIpc) is 3.27. The first-order valence-electron chi connectivity index (χ1n) is 12.7. The van der Waals surface area contributed by atoms with Crippen LogP contribution in [0.3, 0.4) is 0 Å². The van der Waals surface area contributed by atoms with Crippen molar-refractivity contribution in [2.75, 3.05) is 46.8 Å². The van der Waals surface area contributed by atoms with Crippen molar-refractivity contribution in [1.29, 1.82) is 0 Å². The molecule has 0 aromatic heterocycles. The Morgan fingerprint density at radius 2 is 1.71 bits per heavy atom. The first kappa shape index (κ1) is 27.5. The molecule has 194 valence electrons. The number of nitrogens with one attached hydrogen (secondary N) is 1. The van der Waals surface area contributed by atoms with Gasteiger partial charge in [-0.3, -0.25) is 14.4 Å². The van der Waals surface area contributed by atoms with Crippen molar-refractivity contribution in [3.8, 4) is 0 Å². The largest absolute Gasteiger partial charge is 0.344 e. The molecule has 2 heterocycles. The van der Waals surface area contributed by atoms with Crippen LogP contribution in [0.1, 0.15) is 52.0 Å². The summed E-state index contributed by atoms with van der Waals surface area (Å²) in [6.45, 7) is 11.0. The van der Waals surface area contributed by atoms with Gasteiger partial charge in [0.2, 0.25) is 17.7 Å². The standard InChI is InChI=1S/C27H41ClN4O3/c1-18(2)24(29-25(34)20-11-13-31(15-20)23(33)16-30(5)6)26(35)32-14-12-22(27(3,4)17-32)19-7-9-21(28)10-8-19/h7-10,18,20,22,24H,11-17H2,1-6H3,(H,29,34)/t20-,22-,24-/m1/s1. The van der Waals surface area contributed by atoms with Gasteiger partial charge in [0.25, 0.3) is 0 Å². The van der Waals surface area contributed by atoms with Crippen LogP contribution in [0, 0.1) is 17.3 Å². The summed E-state index contributed by atoms with van der Waals surface area (Å²) in [4.78, 5) is 44.5. The van der Waals surface area contributed by atoms with E-state index in [1.165, 1.54) is 5.56 Å². The molecule has 0 radical (unpaired) electrons. The van der Waals surface area contributed by atoms with Crippen LogP contribution < -0.4 is 5.32 Å². The number of piperidine rings is 1. The second kappa shape index (κ2) is 11.3. The normalized spacial score (nSPS) is 23.0. The summed E-state index contributed by atoms with van der Waals surface area (Å²) in [6, 6.07) is 7.44. The predicted molar refractivity (Wildman–Crippen MR) is 139 cm³/mol. The molecule has 0 unspecified atom stereocenters. The first-order valence-corrected chi connectivity index (χ1v) is 13.0. The molecule has 2 fully saturated rings. The lowest BCUT2D eigenvalue weighted by Crippen LogP contribution is -2.56.